The second kappa shape index (κ2) is 4.48. The van der Waals surface area contributed by atoms with E-state index in [1.165, 1.54) is 6.92 Å². The van der Waals surface area contributed by atoms with E-state index in [1.54, 1.807) is 0 Å². The van der Waals surface area contributed by atoms with E-state index in [1.807, 2.05) is 0 Å². The number of nitrogens with zero attached hydrogens (tertiary/aromatic N) is 1. The molecule has 2 rings (SSSR count). The van der Waals surface area contributed by atoms with Crippen molar-refractivity contribution in [2.45, 2.75) is 30.0 Å². The molecule has 0 aromatic carbocycles. The summed E-state index contributed by atoms with van der Waals surface area (Å²) in [5.41, 5.74) is 0.251. The monoisotopic (exact) mass is 292 g/mol. The normalized spacial score (nSPS) is 21.3. The van der Waals surface area contributed by atoms with Gasteiger partial charge in [-0.15, -0.1) is 0 Å². The second-order valence-electron chi connectivity index (χ2n) is 4.04. The van der Waals surface area contributed by atoms with Crippen LogP contribution in [-0.4, -0.2) is 41.4 Å². The van der Waals surface area contributed by atoms with E-state index in [9.17, 15) is 18.0 Å². The van der Waals surface area contributed by atoms with Crippen LogP contribution in [0, 0.1) is 6.92 Å². The Morgan fingerprint density at radius 1 is 1.56 bits per heavy atom. The summed E-state index contributed by atoms with van der Waals surface area (Å²) in [5, 5.41) is 9.00. The molecule has 1 aliphatic heterocycles. The first kappa shape index (κ1) is 13.2. The molecule has 7 nitrogen and oxygen atoms in total. The van der Waals surface area contributed by atoms with Crippen LogP contribution in [0.1, 0.15) is 18.5 Å². The van der Waals surface area contributed by atoms with Gasteiger partial charge in [0, 0.05) is 12.2 Å². The number of nitrogens with one attached hydrogen (secondary N) is 1. The number of thiazole rings is 1. The Balaban J connectivity index is 2.46. The number of aliphatic carboxylic acids is 1. The van der Waals surface area contributed by atoms with Crippen molar-refractivity contribution in [3.05, 3.63) is 15.4 Å². The van der Waals surface area contributed by atoms with Gasteiger partial charge < -0.3 is 10.1 Å². The van der Waals surface area contributed by atoms with Crippen LogP contribution in [0.15, 0.2) is 9.00 Å². The number of aromatic nitrogens is 1. The lowest BCUT2D eigenvalue weighted by Crippen LogP contribution is -2.40. The van der Waals surface area contributed by atoms with Crippen molar-refractivity contribution in [2.24, 2.45) is 0 Å². The minimum absolute atomic E-state index is 0.0966. The third-order valence-corrected chi connectivity index (χ3v) is 6.30. The molecule has 2 heterocycles. The average Bonchev–Trinajstić information content (AvgIpc) is 2.84. The molecule has 1 fully saturated rings. The quantitative estimate of drug-likeness (QED) is 0.814. The number of aromatic amines is 1. The number of aryl methyl sites for hydroxylation is 1. The summed E-state index contributed by atoms with van der Waals surface area (Å²) in [6.07, 6.45) is 0.807. The van der Waals surface area contributed by atoms with Gasteiger partial charge in [0.2, 0.25) is 0 Å². The van der Waals surface area contributed by atoms with Crippen molar-refractivity contribution in [3.8, 4) is 0 Å². The molecule has 9 heteroatoms. The van der Waals surface area contributed by atoms with Crippen molar-refractivity contribution in [3.63, 3.8) is 0 Å². The number of rotatable bonds is 3. The van der Waals surface area contributed by atoms with E-state index in [4.69, 9.17) is 5.11 Å². The number of H-pyrrole nitrogens is 1. The van der Waals surface area contributed by atoms with Gasteiger partial charge in [0.25, 0.3) is 10.0 Å². The number of carbonyl (C=O) groups is 1. The van der Waals surface area contributed by atoms with Crippen LogP contribution in [0.25, 0.3) is 0 Å². The van der Waals surface area contributed by atoms with Gasteiger partial charge in [-0.3, -0.25) is 9.59 Å². The maximum Gasteiger partial charge on any atom is 0.322 e. The number of hydrogen-bond acceptors (Lipinski definition) is 5. The van der Waals surface area contributed by atoms with E-state index >= 15 is 0 Å². The van der Waals surface area contributed by atoms with E-state index < -0.39 is 26.9 Å². The minimum Gasteiger partial charge on any atom is -0.480 e. The molecule has 100 valence electrons. The Kier molecular flexibility index (Phi) is 3.30. The third-order valence-electron chi connectivity index (χ3n) is 2.81. The van der Waals surface area contributed by atoms with Crippen LogP contribution >= 0.6 is 11.3 Å². The van der Waals surface area contributed by atoms with E-state index in [2.05, 4.69) is 4.98 Å². The maximum absolute atomic E-state index is 12.3. The van der Waals surface area contributed by atoms with Crippen LogP contribution < -0.4 is 4.87 Å². The number of hydrogen-bond donors (Lipinski definition) is 2. The molecular weight excluding hydrogens is 280 g/mol. The van der Waals surface area contributed by atoms with E-state index in [-0.39, 0.29) is 16.4 Å². The van der Waals surface area contributed by atoms with Gasteiger partial charge in [-0.2, -0.15) is 4.31 Å². The van der Waals surface area contributed by atoms with Crippen molar-refractivity contribution < 1.29 is 18.3 Å². The summed E-state index contributed by atoms with van der Waals surface area (Å²) in [7, 11) is -3.90. The van der Waals surface area contributed by atoms with Crippen molar-refractivity contribution >= 4 is 27.3 Å². The number of carboxylic acids is 1. The highest BCUT2D eigenvalue weighted by Gasteiger charge is 2.40. The van der Waals surface area contributed by atoms with Crippen LogP contribution in [0.2, 0.25) is 0 Å². The lowest BCUT2D eigenvalue weighted by molar-refractivity contribution is -0.140. The van der Waals surface area contributed by atoms with E-state index in [0.717, 1.165) is 4.31 Å². The van der Waals surface area contributed by atoms with Gasteiger partial charge in [-0.05, 0) is 19.8 Å². The highest BCUT2D eigenvalue weighted by Crippen LogP contribution is 2.28. The van der Waals surface area contributed by atoms with Crippen molar-refractivity contribution in [1.29, 1.82) is 0 Å². The van der Waals surface area contributed by atoms with Crippen LogP contribution in [-0.2, 0) is 14.8 Å². The smallest absolute Gasteiger partial charge is 0.322 e. The molecule has 1 aromatic rings. The molecule has 0 amide bonds. The molecule has 0 spiro atoms. The molecule has 0 bridgehead atoms. The van der Waals surface area contributed by atoms with Gasteiger partial charge in [-0.25, -0.2) is 8.42 Å². The molecular formula is C9H12N2O5S2. The van der Waals surface area contributed by atoms with Gasteiger partial charge >= 0.3 is 10.8 Å². The third kappa shape index (κ3) is 2.08. The van der Waals surface area contributed by atoms with Crippen molar-refractivity contribution in [2.75, 3.05) is 6.54 Å². The zero-order valence-electron chi connectivity index (χ0n) is 9.54. The Bertz CT molecular complexity index is 630. The Morgan fingerprint density at radius 3 is 2.72 bits per heavy atom. The number of carboxylic acid groups (broad SMARTS) is 1. The summed E-state index contributed by atoms with van der Waals surface area (Å²) in [4.78, 5) is 24.1. The van der Waals surface area contributed by atoms with Crippen LogP contribution in [0.4, 0.5) is 0 Å². The molecule has 0 radical (unpaired) electrons. The summed E-state index contributed by atoms with van der Waals surface area (Å²) in [6, 6.07) is -1.04. The highest BCUT2D eigenvalue weighted by molar-refractivity contribution is 7.91. The SMILES string of the molecule is Cc1[nH]c(=O)sc1S(=O)(=O)N1CCC[C@@H]1C(=O)O. The highest BCUT2D eigenvalue weighted by atomic mass is 32.2. The zero-order valence-corrected chi connectivity index (χ0v) is 11.2. The fourth-order valence-corrected chi connectivity index (χ4v) is 5.08. The van der Waals surface area contributed by atoms with Crippen LogP contribution in [0.5, 0.6) is 0 Å². The first-order valence-electron chi connectivity index (χ1n) is 5.28. The second-order valence-corrected chi connectivity index (χ2v) is 7.11. The summed E-state index contributed by atoms with van der Waals surface area (Å²) >= 11 is 0.588. The molecule has 0 saturated carbocycles. The molecule has 1 saturated heterocycles. The van der Waals surface area contributed by atoms with Gasteiger partial charge in [0.05, 0.1) is 0 Å². The van der Waals surface area contributed by atoms with Gasteiger partial charge in [-0.1, -0.05) is 11.3 Å². The maximum atomic E-state index is 12.3. The van der Waals surface area contributed by atoms with E-state index in [0.29, 0.717) is 24.2 Å². The minimum atomic E-state index is -3.90. The summed E-state index contributed by atoms with van der Waals surface area (Å²) in [6.45, 7) is 1.65. The lowest BCUT2D eigenvalue weighted by Gasteiger charge is -2.20. The molecule has 18 heavy (non-hydrogen) atoms. The molecule has 0 unspecified atom stereocenters. The number of sulfonamides is 1. The average molecular weight is 292 g/mol. The first-order chi connectivity index (χ1) is 8.34. The van der Waals surface area contributed by atoms with Crippen molar-refractivity contribution in [1.82, 2.24) is 9.29 Å². The van der Waals surface area contributed by atoms with Crippen LogP contribution in [0.3, 0.4) is 0 Å². The zero-order chi connectivity index (χ0) is 13.5. The Morgan fingerprint density at radius 2 is 2.22 bits per heavy atom. The largest absolute Gasteiger partial charge is 0.480 e. The van der Waals surface area contributed by atoms with Gasteiger partial charge in [0.1, 0.15) is 6.04 Å². The Labute approximate surface area is 107 Å². The predicted molar refractivity (Wildman–Crippen MR) is 64.2 cm³/mol. The molecule has 2 N–H and O–H groups in total. The predicted octanol–water partition coefficient (Wildman–Crippen LogP) is -0.0175. The lowest BCUT2D eigenvalue weighted by atomic mass is 10.2. The fraction of sp³-hybridized carbons (Fsp3) is 0.556. The standard InChI is InChI=1S/C9H12N2O5S2/c1-5-8(17-9(14)10-5)18(15,16)11-4-2-3-6(11)7(12)13/h6H,2-4H2,1H3,(H,10,14)(H,12,13)/t6-/m1/s1. The Hall–Kier alpha value is -1.19. The summed E-state index contributed by atoms with van der Waals surface area (Å²) < 4.78 is 25.5. The molecule has 0 aliphatic carbocycles. The fourth-order valence-electron chi connectivity index (χ4n) is 2.02. The molecule has 1 aromatic heterocycles. The molecule has 1 aliphatic rings. The molecule has 1 atom stereocenters. The summed E-state index contributed by atoms with van der Waals surface area (Å²) in [5.74, 6) is -1.16. The first-order valence-corrected chi connectivity index (χ1v) is 7.54. The topological polar surface area (TPSA) is 108 Å². The van der Waals surface area contributed by atoms with Gasteiger partial charge in [0.15, 0.2) is 4.21 Å².